The summed E-state index contributed by atoms with van der Waals surface area (Å²) in [5, 5.41) is 8.95. The van der Waals surface area contributed by atoms with Crippen molar-refractivity contribution in [2.24, 2.45) is 0 Å². The molecule has 20 heavy (non-hydrogen) atoms. The molecule has 0 aliphatic rings. The molecule has 0 aromatic heterocycles. The summed E-state index contributed by atoms with van der Waals surface area (Å²) in [5.74, 6) is -0.866. The van der Waals surface area contributed by atoms with Crippen LogP contribution in [-0.2, 0) is 6.61 Å². The molecule has 104 valence electrons. The highest BCUT2D eigenvalue weighted by molar-refractivity contribution is 9.10. The number of aryl methyl sites for hydroxylation is 1. The van der Waals surface area contributed by atoms with Crippen LogP contribution < -0.4 is 4.74 Å². The van der Waals surface area contributed by atoms with E-state index in [0.717, 1.165) is 11.1 Å². The Labute approximate surface area is 124 Å². The van der Waals surface area contributed by atoms with E-state index in [2.05, 4.69) is 15.9 Å². The van der Waals surface area contributed by atoms with E-state index in [1.165, 1.54) is 24.3 Å². The normalized spacial score (nSPS) is 10.3. The Bertz CT molecular complexity index is 656. The molecule has 0 spiro atoms. The van der Waals surface area contributed by atoms with E-state index in [1.807, 2.05) is 0 Å². The lowest BCUT2D eigenvalue weighted by atomic mass is 10.1. The van der Waals surface area contributed by atoms with E-state index >= 15 is 0 Å². The van der Waals surface area contributed by atoms with Crippen molar-refractivity contribution in [3.63, 3.8) is 0 Å². The number of halogens is 2. The molecule has 0 fully saturated rings. The highest BCUT2D eigenvalue weighted by Crippen LogP contribution is 2.27. The van der Waals surface area contributed by atoms with Gasteiger partial charge in [0, 0.05) is 0 Å². The van der Waals surface area contributed by atoms with Crippen LogP contribution in [0.15, 0.2) is 40.9 Å². The zero-order valence-electron chi connectivity index (χ0n) is 10.7. The molecule has 0 bridgehead atoms. The Morgan fingerprint density at radius 1 is 1.30 bits per heavy atom. The number of hydrogen-bond donors (Lipinski definition) is 1. The molecule has 0 heterocycles. The third kappa shape index (κ3) is 3.36. The molecule has 0 saturated carbocycles. The number of hydrogen-bond acceptors (Lipinski definition) is 2. The van der Waals surface area contributed by atoms with E-state index < -0.39 is 5.97 Å². The van der Waals surface area contributed by atoms with Gasteiger partial charge in [0.2, 0.25) is 0 Å². The Hall–Kier alpha value is -1.88. The van der Waals surface area contributed by atoms with Crippen molar-refractivity contribution in [3.8, 4) is 5.75 Å². The largest absolute Gasteiger partial charge is 0.488 e. The van der Waals surface area contributed by atoms with Gasteiger partial charge < -0.3 is 9.84 Å². The van der Waals surface area contributed by atoms with Crippen LogP contribution >= 0.6 is 15.9 Å². The lowest BCUT2D eigenvalue weighted by molar-refractivity contribution is 0.0696. The predicted octanol–water partition coefficient (Wildman–Crippen LogP) is 4.17. The molecule has 0 unspecified atom stereocenters. The van der Waals surface area contributed by atoms with E-state index in [4.69, 9.17) is 9.84 Å². The number of aromatic carboxylic acids is 1. The molecular weight excluding hydrogens is 327 g/mol. The lowest BCUT2D eigenvalue weighted by Crippen LogP contribution is -2.01. The van der Waals surface area contributed by atoms with Crippen molar-refractivity contribution in [1.29, 1.82) is 0 Å². The summed E-state index contributed by atoms with van der Waals surface area (Å²) in [4.78, 5) is 10.9. The van der Waals surface area contributed by atoms with Crippen LogP contribution in [0.5, 0.6) is 5.75 Å². The Kier molecular flexibility index (Phi) is 4.39. The van der Waals surface area contributed by atoms with Gasteiger partial charge in [-0.2, -0.15) is 0 Å². The van der Waals surface area contributed by atoms with Crippen molar-refractivity contribution < 1.29 is 19.0 Å². The van der Waals surface area contributed by atoms with E-state index in [-0.39, 0.29) is 18.0 Å². The zero-order chi connectivity index (χ0) is 14.7. The third-order valence-electron chi connectivity index (χ3n) is 2.87. The standard InChI is InChI=1S/C15H12BrFO3/c1-9-6-12(17)4-2-11(9)8-20-14-7-10(15(18)19)3-5-13(14)16/h2-7H,8H2,1H3,(H,18,19). The maximum atomic E-state index is 13.0. The molecule has 0 amide bonds. The Morgan fingerprint density at radius 2 is 2.05 bits per heavy atom. The van der Waals surface area contributed by atoms with Gasteiger partial charge in [-0.05, 0) is 64.3 Å². The van der Waals surface area contributed by atoms with Crippen molar-refractivity contribution in [1.82, 2.24) is 0 Å². The molecule has 0 aliphatic heterocycles. The number of carboxylic acid groups (broad SMARTS) is 1. The van der Waals surface area contributed by atoms with Crippen LogP contribution in [0.2, 0.25) is 0 Å². The fourth-order valence-electron chi connectivity index (χ4n) is 1.72. The second-order valence-electron chi connectivity index (χ2n) is 4.31. The Morgan fingerprint density at radius 3 is 2.70 bits per heavy atom. The van der Waals surface area contributed by atoms with E-state index in [1.54, 1.807) is 19.1 Å². The molecule has 1 N–H and O–H groups in total. The average molecular weight is 339 g/mol. The average Bonchev–Trinajstić information content (AvgIpc) is 2.39. The summed E-state index contributed by atoms with van der Waals surface area (Å²) in [5.41, 5.74) is 1.79. The zero-order valence-corrected chi connectivity index (χ0v) is 12.3. The maximum Gasteiger partial charge on any atom is 0.335 e. The first kappa shape index (κ1) is 14.5. The molecular formula is C15H12BrFO3. The van der Waals surface area contributed by atoms with Crippen LogP contribution in [0.25, 0.3) is 0 Å². The van der Waals surface area contributed by atoms with Gasteiger partial charge in [0.25, 0.3) is 0 Å². The number of carboxylic acids is 1. The van der Waals surface area contributed by atoms with Gasteiger partial charge in [0.15, 0.2) is 0 Å². The minimum Gasteiger partial charge on any atom is -0.488 e. The van der Waals surface area contributed by atoms with Gasteiger partial charge in [-0.15, -0.1) is 0 Å². The van der Waals surface area contributed by atoms with Gasteiger partial charge in [-0.25, -0.2) is 9.18 Å². The summed E-state index contributed by atoms with van der Waals surface area (Å²) >= 11 is 3.31. The maximum absolute atomic E-state index is 13.0. The fraction of sp³-hybridized carbons (Fsp3) is 0.133. The van der Waals surface area contributed by atoms with Crippen LogP contribution in [-0.4, -0.2) is 11.1 Å². The molecule has 5 heteroatoms. The second kappa shape index (κ2) is 6.05. The van der Waals surface area contributed by atoms with Crippen molar-refractivity contribution in [2.45, 2.75) is 13.5 Å². The summed E-state index contributed by atoms with van der Waals surface area (Å²) in [6, 6.07) is 9.01. The summed E-state index contributed by atoms with van der Waals surface area (Å²) < 4.78 is 19.3. The molecule has 2 aromatic carbocycles. The molecule has 0 aliphatic carbocycles. The van der Waals surface area contributed by atoms with Gasteiger partial charge in [0.1, 0.15) is 18.2 Å². The molecule has 0 radical (unpaired) electrons. The van der Waals surface area contributed by atoms with Crippen molar-refractivity contribution >= 4 is 21.9 Å². The first-order valence-corrected chi connectivity index (χ1v) is 6.67. The van der Waals surface area contributed by atoms with Crippen LogP contribution in [0.1, 0.15) is 21.5 Å². The van der Waals surface area contributed by atoms with Crippen molar-refractivity contribution in [3.05, 3.63) is 63.4 Å². The monoisotopic (exact) mass is 338 g/mol. The minimum absolute atomic E-state index is 0.152. The van der Waals surface area contributed by atoms with Crippen LogP contribution in [0.4, 0.5) is 4.39 Å². The number of rotatable bonds is 4. The lowest BCUT2D eigenvalue weighted by Gasteiger charge is -2.11. The molecule has 0 saturated heterocycles. The first-order chi connectivity index (χ1) is 9.47. The first-order valence-electron chi connectivity index (χ1n) is 5.88. The van der Waals surface area contributed by atoms with E-state index in [9.17, 15) is 9.18 Å². The third-order valence-corrected chi connectivity index (χ3v) is 3.52. The van der Waals surface area contributed by atoms with Gasteiger partial charge in [-0.3, -0.25) is 0 Å². The highest BCUT2D eigenvalue weighted by Gasteiger charge is 2.09. The summed E-state index contributed by atoms with van der Waals surface area (Å²) in [6.07, 6.45) is 0. The van der Waals surface area contributed by atoms with Crippen LogP contribution in [0.3, 0.4) is 0 Å². The van der Waals surface area contributed by atoms with Crippen LogP contribution in [0, 0.1) is 12.7 Å². The van der Waals surface area contributed by atoms with Gasteiger partial charge >= 0.3 is 5.97 Å². The van der Waals surface area contributed by atoms with Gasteiger partial charge in [-0.1, -0.05) is 6.07 Å². The quantitative estimate of drug-likeness (QED) is 0.909. The SMILES string of the molecule is Cc1cc(F)ccc1COc1cc(C(=O)O)ccc1Br. The number of ether oxygens (including phenoxy) is 1. The number of carbonyl (C=O) groups is 1. The molecule has 2 rings (SSSR count). The molecule has 2 aromatic rings. The number of benzene rings is 2. The molecule has 3 nitrogen and oxygen atoms in total. The minimum atomic E-state index is -1.01. The second-order valence-corrected chi connectivity index (χ2v) is 5.16. The van der Waals surface area contributed by atoms with Crippen molar-refractivity contribution in [2.75, 3.05) is 0 Å². The topological polar surface area (TPSA) is 46.5 Å². The molecule has 0 atom stereocenters. The smallest absolute Gasteiger partial charge is 0.335 e. The fourth-order valence-corrected chi connectivity index (χ4v) is 2.08. The van der Waals surface area contributed by atoms with Gasteiger partial charge in [0.05, 0.1) is 10.0 Å². The summed E-state index contributed by atoms with van der Waals surface area (Å²) in [6.45, 7) is 2.04. The van der Waals surface area contributed by atoms with E-state index in [0.29, 0.717) is 10.2 Å². The Balaban J connectivity index is 2.18. The highest BCUT2D eigenvalue weighted by atomic mass is 79.9. The predicted molar refractivity (Wildman–Crippen MR) is 76.6 cm³/mol. The summed E-state index contributed by atoms with van der Waals surface area (Å²) in [7, 11) is 0.